The van der Waals surface area contributed by atoms with Crippen LogP contribution in [0.1, 0.15) is 187 Å². The maximum absolute atomic E-state index is 12.1. The molecule has 0 bridgehead atoms. The summed E-state index contributed by atoms with van der Waals surface area (Å²) in [4.78, 5) is 12.1. The summed E-state index contributed by atoms with van der Waals surface area (Å²) in [6.45, 7) is 5.26. The molecule has 0 aromatic heterocycles. The summed E-state index contributed by atoms with van der Waals surface area (Å²) in [6.07, 6.45) is 46.2. The van der Waals surface area contributed by atoms with Crippen LogP contribution in [0.15, 0.2) is 36.5 Å². The van der Waals surface area contributed by atoms with Gasteiger partial charge in [0, 0.05) is 13.0 Å². The van der Waals surface area contributed by atoms with Crippen molar-refractivity contribution >= 4 is 5.97 Å². The van der Waals surface area contributed by atoms with Crippen LogP contribution in [0.2, 0.25) is 0 Å². The maximum atomic E-state index is 12.1. The topological polar surface area (TPSA) is 55.8 Å². The number of rotatable bonds is 35. The number of allylic oxidation sites excluding steroid dienone is 6. The molecule has 258 valence electrons. The number of hydrogen-bond donors (Lipinski definition) is 1. The second-order valence-corrected chi connectivity index (χ2v) is 12.6. The molecule has 0 amide bonds. The first-order chi connectivity index (χ1) is 21.7. The number of unbranched alkanes of at least 4 members (excludes halogenated alkanes) is 21. The fraction of sp³-hybridized carbons (Fsp3) is 0.825. The number of hydrogen-bond acceptors (Lipinski definition) is 4. The molecule has 0 aromatic rings. The van der Waals surface area contributed by atoms with Gasteiger partial charge in [-0.1, -0.05) is 153 Å². The van der Waals surface area contributed by atoms with E-state index in [0.717, 1.165) is 38.5 Å². The zero-order chi connectivity index (χ0) is 32.0. The number of aliphatic hydroxyl groups is 1. The van der Waals surface area contributed by atoms with Gasteiger partial charge in [-0.15, -0.1) is 0 Å². The second kappa shape index (κ2) is 37.8. The molecule has 0 heterocycles. The average molecular weight is 619 g/mol. The van der Waals surface area contributed by atoms with Gasteiger partial charge in [-0.3, -0.25) is 4.79 Å². The Morgan fingerprint density at radius 1 is 0.545 bits per heavy atom. The van der Waals surface area contributed by atoms with Crippen LogP contribution in [0, 0.1) is 0 Å². The number of carbonyl (C=O) groups excluding carboxylic acids is 1. The van der Waals surface area contributed by atoms with Gasteiger partial charge in [0.25, 0.3) is 0 Å². The van der Waals surface area contributed by atoms with E-state index >= 15 is 0 Å². The summed E-state index contributed by atoms with van der Waals surface area (Å²) in [7, 11) is 0. The Morgan fingerprint density at radius 3 is 1.52 bits per heavy atom. The highest BCUT2D eigenvalue weighted by Gasteiger charge is 2.13. The lowest BCUT2D eigenvalue weighted by Crippen LogP contribution is -2.27. The summed E-state index contributed by atoms with van der Waals surface area (Å²) in [6, 6.07) is 0. The van der Waals surface area contributed by atoms with Gasteiger partial charge in [0.15, 0.2) is 0 Å². The third kappa shape index (κ3) is 35.1. The minimum atomic E-state index is -0.540. The van der Waals surface area contributed by atoms with Gasteiger partial charge < -0.3 is 14.6 Å². The summed E-state index contributed by atoms with van der Waals surface area (Å²) < 4.78 is 11.1. The van der Waals surface area contributed by atoms with Crippen molar-refractivity contribution in [3.8, 4) is 0 Å². The van der Waals surface area contributed by atoms with Crippen molar-refractivity contribution in [3.05, 3.63) is 36.5 Å². The molecule has 0 aromatic carbocycles. The molecule has 0 aliphatic rings. The first-order valence-corrected chi connectivity index (χ1v) is 19.1. The van der Waals surface area contributed by atoms with Crippen LogP contribution in [0.25, 0.3) is 0 Å². The fourth-order valence-corrected chi connectivity index (χ4v) is 5.30. The largest absolute Gasteiger partial charge is 0.457 e. The third-order valence-corrected chi connectivity index (χ3v) is 8.17. The van der Waals surface area contributed by atoms with E-state index in [9.17, 15) is 9.90 Å². The van der Waals surface area contributed by atoms with E-state index < -0.39 is 6.10 Å². The number of ether oxygens (including phenoxy) is 2. The molecule has 0 saturated heterocycles. The Hall–Kier alpha value is -1.39. The Labute approximate surface area is 274 Å². The van der Waals surface area contributed by atoms with E-state index in [0.29, 0.717) is 13.0 Å². The highest BCUT2D eigenvalue weighted by Crippen LogP contribution is 2.12. The molecule has 0 rings (SSSR count). The van der Waals surface area contributed by atoms with E-state index in [2.05, 4.69) is 50.3 Å². The summed E-state index contributed by atoms with van der Waals surface area (Å²) >= 11 is 0. The molecule has 1 N–H and O–H groups in total. The molecule has 4 heteroatoms. The van der Waals surface area contributed by atoms with Crippen LogP contribution in [0.3, 0.4) is 0 Å². The van der Waals surface area contributed by atoms with Gasteiger partial charge in [-0.25, -0.2) is 0 Å². The lowest BCUT2D eigenvalue weighted by molar-refractivity contribution is -0.154. The number of aliphatic hydroxyl groups excluding tert-OH is 1. The molecule has 1 unspecified atom stereocenters. The van der Waals surface area contributed by atoms with Crippen molar-refractivity contribution in [2.45, 2.75) is 193 Å². The number of carbonyl (C=O) groups is 1. The maximum Gasteiger partial charge on any atom is 0.306 e. The molecule has 0 aliphatic heterocycles. The lowest BCUT2D eigenvalue weighted by atomic mass is 10.1. The second-order valence-electron chi connectivity index (χ2n) is 12.6. The Morgan fingerprint density at radius 2 is 1.00 bits per heavy atom. The predicted molar refractivity (Wildman–Crippen MR) is 191 cm³/mol. The molecule has 0 saturated carbocycles. The molecule has 0 spiro atoms. The van der Waals surface area contributed by atoms with Crippen LogP contribution in [-0.2, 0) is 14.3 Å². The molecule has 0 fully saturated rings. The first kappa shape index (κ1) is 42.6. The summed E-state index contributed by atoms with van der Waals surface area (Å²) in [5.74, 6) is -0.216. The quantitative estimate of drug-likeness (QED) is 0.0436. The minimum absolute atomic E-state index is 0.178. The van der Waals surface area contributed by atoms with Crippen LogP contribution in [-0.4, -0.2) is 37.0 Å². The van der Waals surface area contributed by atoms with Crippen LogP contribution in [0.5, 0.6) is 0 Å². The van der Waals surface area contributed by atoms with E-state index in [-0.39, 0.29) is 19.2 Å². The molecular formula is C40H74O4. The third-order valence-electron chi connectivity index (χ3n) is 8.17. The molecule has 4 nitrogen and oxygen atoms in total. The molecular weight excluding hydrogens is 544 g/mol. The first-order valence-electron chi connectivity index (χ1n) is 19.1. The van der Waals surface area contributed by atoms with Crippen molar-refractivity contribution < 1.29 is 19.4 Å². The van der Waals surface area contributed by atoms with Gasteiger partial charge in [-0.2, -0.15) is 0 Å². The molecule has 44 heavy (non-hydrogen) atoms. The zero-order valence-corrected chi connectivity index (χ0v) is 29.4. The van der Waals surface area contributed by atoms with E-state index in [1.807, 2.05) is 0 Å². The van der Waals surface area contributed by atoms with E-state index in [1.54, 1.807) is 0 Å². The molecule has 1 atom stereocenters. The van der Waals surface area contributed by atoms with Crippen molar-refractivity contribution in [3.63, 3.8) is 0 Å². The van der Waals surface area contributed by atoms with Crippen molar-refractivity contribution in [1.29, 1.82) is 0 Å². The van der Waals surface area contributed by atoms with Crippen molar-refractivity contribution in [2.24, 2.45) is 0 Å². The van der Waals surface area contributed by atoms with Gasteiger partial charge in [0.2, 0.25) is 0 Å². The zero-order valence-electron chi connectivity index (χ0n) is 29.4. The predicted octanol–water partition coefficient (Wildman–Crippen LogP) is 12.1. The van der Waals surface area contributed by atoms with Gasteiger partial charge in [-0.05, 0) is 64.2 Å². The average Bonchev–Trinajstić information content (AvgIpc) is 3.03. The van der Waals surface area contributed by atoms with Crippen molar-refractivity contribution in [1.82, 2.24) is 0 Å². The standard InChI is InChI=1S/C40H74O4/c1-3-5-7-9-11-13-15-17-18-19-20-21-22-24-26-28-30-32-34-36-43-38-39(37-41)44-40(42)35-33-31-29-27-25-23-16-14-12-10-8-6-4-2/h8,10,14,16,18-19,39,41H,3-7,9,11-13,15,17,20-38H2,1-2H3/b10-8-,16-14-,19-18-. The fourth-order valence-electron chi connectivity index (χ4n) is 5.30. The monoisotopic (exact) mass is 619 g/mol. The Kier molecular flexibility index (Phi) is 36.6. The molecule has 0 aliphatic carbocycles. The van der Waals surface area contributed by atoms with Crippen LogP contribution >= 0.6 is 0 Å². The Bertz CT molecular complexity index is 654. The van der Waals surface area contributed by atoms with E-state index in [4.69, 9.17) is 9.47 Å². The normalized spacial score (nSPS) is 12.7. The van der Waals surface area contributed by atoms with Gasteiger partial charge >= 0.3 is 5.97 Å². The minimum Gasteiger partial charge on any atom is -0.457 e. The number of esters is 1. The highest BCUT2D eigenvalue weighted by atomic mass is 16.6. The SMILES string of the molecule is CCC/C=C\C/C=C\CCCCCCCC(=O)OC(CO)COCCCCCCCCCC/C=C\CCCCCCCCC. The smallest absolute Gasteiger partial charge is 0.306 e. The van der Waals surface area contributed by atoms with Crippen LogP contribution in [0.4, 0.5) is 0 Å². The molecule has 0 radical (unpaired) electrons. The van der Waals surface area contributed by atoms with Crippen LogP contribution < -0.4 is 0 Å². The van der Waals surface area contributed by atoms with Gasteiger partial charge in [0.05, 0.1) is 13.2 Å². The highest BCUT2D eigenvalue weighted by molar-refractivity contribution is 5.69. The van der Waals surface area contributed by atoms with E-state index in [1.165, 1.54) is 128 Å². The summed E-state index contributed by atoms with van der Waals surface area (Å²) in [5, 5.41) is 9.55. The summed E-state index contributed by atoms with van der Waals surface area (Å²) in [5.41, 5.74) is 0. The Balaban J connectivity index is 3.44. The lowest BCUT2D eigenvalue weighted by Gasteiger charge is -2.15. The van der Waals surface area contributed by atoms with Crippen molar-refractivity contribution in [2.75, 3.05) is 19.8 Å². The van der Waals surface area contributed by atoms with Gasteiger partial charge in [0.1, 0.15) is 6.10 Å².